The molecule has 2 rings (SSSR count). The first-order valence-electron chi connectivity index (χ1n) is 5.42. The molecule has 6 heteroatoms. The zero-order valence-corrected chi connectivity index (χ0v) is 11.6. The predicted octanol–water partition coefficient (Wildman–Crippen LogP) is 2.18. The molecule has 17 heavy (non-hydrogen) atoms. The van der Waals surface area contributed by atoms with Crippen LogP contribution in [0.4, 0.5) is 0 Å². The Morgan fingerprint density at radius 2 is 2.35 bits per heavy atom. The van der Waals surface area contributed by atoms with Crippen molar-refractivity contribution in [3.63, 3.8) is 0 Å². The van der Waals surface area contributed by atoms with Crippen molar-refractivity contribution in [2.75, 3.05) is 13.1 Å². The molecule has 2 N–H and O–H groups in total. The molecule has 0 aliphatic carbocycles. The number of amides is 1. The molecule has 0 bridgehead atoms. The Morgan fingerprint density at radius 1 is 1.59 bits per heavy atom. The number of hydrogen-bond donors (Lipinski definition) is 1. The van der Waals surface area contributed by atoms with Gasteiger partial charge in [0.05, 0.1) is 4.99 Å². The first-order chi connectivity index (χ1) is 8.08. The van der Waals surface area contributed by atoms with E-state index in [1.807, 2.05) is 0 Å². The largest absolute Gasteiger partial charge is 0.444 e. The van der Waals surface area contributed by atoms with Crippen LogP contribution < -0.4 is 5.73 Å². The van der Waals surface area contributed by atoms with Gasteiger partial charge in [0.2, 0.25) is 0 Å². The summed E-state index contributed by atoms with van der Waals surface area (Å²) in [5.74, 6) is 0.373. The van der Waals surface area contributed by atoms with Crippen LogP contribution in [0.5, 0.6) is 0 Å². The molecule has 1 aromatic heterocycles. The lowest BCUT2D eigenvalue weighted by molar-refractivity contribution is 0.0670. The maximum absolute atomic E-state index is 12.1. The highest BCUT2D eigenvalue weighted by Gasteiger charge is 2.27. The Labute approximate surface area is 113 Å². The van der Waals surface area contributed by atoms with Crippen LogP contribution in [0.25, 0.3) is 0 Å². The molecule has 1 amide bonds. The summed E-state index contributed by atoms with van der Waals surface area (Å²) in [6, 6.07) is 3.37. The quantitative estimate of drug-likeness (QED) is 0.850. The highest BCUT2D eigenvalue weighted by atomic mass is 79.9. The van der Waals surface area contributed by atoms with Crippen LogP contribution in [0.3, 0.4) is 0 Å². The average Bonchev–Trinajstić information content (AvgIpc) is 2.75. The minimum absolute atomic E-state index is 0.100. The number of thiocarbonyl (C=S) groups is 1. The molecule has 1 aliphatic rings. The third kappa shape index (κ3) is 2.87. The second-order valence-corrected chi connectivity index (χ2v) is 5.35. The fourth-order valence-electron chi connectivity index (χ4n) is 1.98. The number of furan rings is 1. The van der Waals surface area contributed by atoms with Gasteiger partial charge in [-0.15, -0.1) is 0 Å². The maximum atomic E-state index is 12.1. The molecule has 0 saturated carbocycles. The number of hydrogen-bond acceptors (Lipinski definition) is 3. The van der Waals surface area contributed by atoms with E-state index in [-0.39, 0.29) is 11.8 Å². The van der Waals surface area contributed by atoms with Gasteiger partial charge in [-0.3, -0.25) is 4.79 Å². The fraction of sp³-hybridized carbons (Fsp3) is 0.455. The molecule has 2 heterocycles. The van der Waals surface area contributed by atoms with Gasteiger partial charge >= 0.3 is 0 Å². The average molecular weight is 317 g/mol. The number of carbonyl (C=O) groups is 1. The van der Waals surface area contributed by atoms with E-state index in [1.54, 1.807) is 17.0 Å². The van der Waals surface area contributed by atoms with Gasteiger partial charge in [0, 0.05) is 19.0 Å². The van der Waals surface area contributed by atoms with Gasteiger partial charge in [-0.05, 0) is 40.9 Å². The van der Waals surface area contributed by atoms with Crippen molar-refractivity contribution in [3.8, 4) is 0 Å². The minimum atomic E-state index is -0.100. The zero-order chi connectivity index (χ0) is 12.4. The normalized spacial score (nSPS) is 20.3. The van der Waals surface area contributed by atoms with Crippen LogP contribution in [0.2, 0.25) is 0 Å². The van der Waals surface area contributed by atoms with Gasteiger partial charge in [0.15, 0.2) is 10.4 Å². The van der Waals surface area contributed by atoms with Gasteiger partial charge in [-0.1, -0.05) is 12.2 Å². The zero-order valence-electron chi connectivity index (χ0n) is 9.19. The SMILES string of the molecule is NC(=S)C1CCCN(C(=O)c2ccc(Br)o2)C1. The van der Waals surface area contributed by atoms with E-state index in [9.17, 15) is 4.79 Å². The van der Waals surface area contributed by atoms with Crippen LogP contribution in [0.1, 0.15) is 23.4 Å². The minimum Gasteiger partial charge on any atom is -0.444 e. The fourth-order valence-corrected chi connectivity index (χ4v) is 2.48. The third-order valence-electron chi connectivity index (χ3n) is 2.89. The van der Waals surface area contributed by atoms with Gasteiger partial charge in [-0.25, -0.2) is 0 Å². The molecular weight excluding hydrogens is 304 g/mol. The summed E-state index contributed by atoms with van der Waals surface area (Å²) in [6.45, 7) is 1.32. The van der Waals surface area contributed by atoms with Crippen LogP contribution >= 0.6 is 28.1 Å². The van der Waals surface area contributed by atoms with Crippen molar-refractivity contribution in [3.05, 3.63) is 22.6 Å². The Kier molecular flexibility index (Phi) is 3.83. The molecule has 1 saturated heterocycles. The van der Waals surface area contributed by atoms with E-state index in [1.165, 1.54) is 0 Å². The molecule has 1 unspecified atom stereocenters. The van der Waals surface area contributed by atoms with Crippen LogP contribution in [-0.4, -0.2) is 28.9 Å². The van der Waals surface area contributed by atoms with Crippen molar-refractivity contribution in [1.29, 1.82) is 0 Å². The second kappa shape index (κ2) is 5.18. The van der Waals surface area contributed by atoms with E-state index in [2.05, 4.69) is 15.9 Å². The first-order valence-corrected chi connectivity index (χ1v) is 6.62. The lowest BCUT2D eigenvalue weighted by atomic mass is 9.98. The number of piperidine rings is 1. The number of nitrogens with two attached hydrogens (primary N) is 1. The van der Waals surface area contributed by atoms with E-state index in [0.29, 0.717) is 22.0 Å². The molecule has 92 valence electrons. The highest BCUT2D eigenvalue weighted by molar-refractivity contribution is 9.10. The number of nitrogens with zero attached hydrogens (tertiary/aromatic N) is 1. The standard InChI is InChI=1S/C11H13BrN2O2S/c12-9-4-3-8(16-9)11(15)14-5-1-2-7(6-14)10(13)17/h3-4,7H,1-2,5-6H2,(H2,13,17). The van der Waals surface area contributed by atoms with Gasteiger partial charge in [0.25, 0.3) is 5.91 Å². The molecular formula is C11H13BrN2O2S. The van der Waals surface area contributed by atoms with Gasteiger partial charge in [0.1, 0.15) is 0 Å². The molecule has 0 aromatic carbocycles. The number of rotatable bonds is 2. The molecule has 1 fully saturated rings. The van der Waals surface area contributed by atoms with Crippen molar-refractivity contribution in [2.45, 2.75) is 12.8 Å². The first kappa shape index (κ1) is 12.6. The van der Waals surface area contributed by atoms with Gasteiger partial charge < -0.3 is 15.1 Å². The van der Waals surface area contributed by atoms with E-state index in [0.717, 1.165) is 19.4 Å². The highest BCUT2D eigenvalue weighted by Crippen LogP contribution is 2.21. The Morgan fingerprint density at radius 3 is 2.94 bits per heavy atom. The summed E-state index contributed by atoms with van der Waals surface area (Å²) < 4.78 is 5.81. The lowest BCUT2D eigenvalue weighted by Crippen LogP contribution is -2.43. The van der Waals surface area contributed by atoms with Crippen molar-refractivity contribution in [2.24, 2.45) is 11.7 Å². The summed E-state index contributed by atoms with van der Waals surface area (Å²) >= 11 is 8.17. The van der Waals surface area contributed by atoms with Crippen LogP contribution in [-0.2, 0) is 0 Å². The predicted molar refractivity (Wildman–Crippen MR) is 71.8 cm³/mol. The second-order valence-electron chi connectivity index (χ2n) is 4.10. The monoisotopic (exact) mass is 316 g/mol. The Bertz CT molecular complexity index is 446. The molecule has 0 radical (unpaired) electrons. The molecule has 1 aliphatic heterocycles. The van der Waals surface area contributed by atoms with E-state index >= 15 is 0 Å². The van der Waals surface area contributed by atoms with Crippen molar-refractivity contribution >= 4 is 39.0 Å². The van der Waals surface area contributed by atoms with Crippen molar-refractivity contribution < 1.29 is 9.21 Å². The summed E-state index contributed by atoms with van der Waals surface area (Å²) in [4.78, 5) is 14.3. The summed E-state index contributed by atoms with van der Waals surface area (Å²) in [5.41, 5.74) is 5.63. The number of likely N-dealkylation sites (tertiary alicyclic amines) is 1. The summed E-state index contributed by atoms with van der Waals surface area (Å²) in [6.07, 6.45) is 1.89. The van der Waals surface area contributed by atoms with E-state index in [4.69, 9.17) is 22.4 Å². The Balaban J connectivity index is 2.07. The third-order valence-corrected chi connectivity index (χ3v) is 3.65. The molecule has 1 atom stereocenters. The Hall–Kier alpha value is -0.880. The topological polar surface area (TPSA) is 59.5 Å². The lowest BCUT2D eigenvalue weighted by Gasteiger charge is -2.31. The van der Waals surface area contributed by atoms with Gasteiger partial charge in [-0.2, -0.15) is 0 Å². The van der Waals surface area contributed by atoms with Crippen LogP contribution in [0.15, 0.2) is 21.2 Å². The summed E-state index contributed by atoms with van der Waals surface area (Å²) in [7, 11) is 0. The smallest absolute Gasteiger partial charge is 0.289 e. The number of carbonyl (C=O) groups excluding carboxylic acids is 1. The molecule has 1 aromatic rings. The molecule has 4 nitrogen and oxygen atoms in total. The van der Waals surface area contributed by atoms with Crippen molar-refractivity contribution in [1.82, 2.24) is 4.90 Å². The summed E-state index contributed by atoms with van der Waals surface area (Å²) in [5, 5.41) is 0. The van der Waals surface area contributed by atoms with Crippen LogP contribution in [0, 0.1) is 5.92 Å². The molecule has 0 spiro atoms. The van der Waals surface area contributed by atoms with E-state index < -0.39 is 0 Å². The maximum Gasteiger partial charge on any atom is 0.289 e. The number of halogens is 1.